The Bertz CT molecular complexity index is 693. The summed E-state index contributed by atoms with van der Waals surface area (Å²) in [5.74, 6) is -0.260. The topological polar surface area (TPSA) is 71.5 Å². The van der Waals surface area contributed by atoms with Crippen LogP contribution < -0.4 is 10.1 Å². The summed E-state index contributed by atoms with van der Waals surface area (Å²) in [4.78, 5) is 16.0. The summed E-state index contributed by atoms with van der Waals surface area (Å²) in [6.07, 6.45) is -2.57. The summed E-state index contributed by atoms with van der Waals surface area (Å²) in [6.45, 7) is 1.11. The normalized spacial score (nSPS) is 10.6. The fourth-order valence-corrected chi connectivity index (χ4v) is 1.81. The zero-order valence-corrected chi connectivity index (χ0v) is 12.4. The van der Waals surface area contributed by atoms with Crippen LogP contribution in [0.4, 0.5) is 8.78 Å². The summed E-state index contributed by atoms with van der Waals surface area (Å²) in [5, 5.41) is 12.2. The van der Waals surface area contributed by atoms with Crippen molar-refractivity contribution in [1.82, 2.24) is 10.3 Å². The molecule has 1 heterocycles. The number of aryl methyl sites for hydroxylation is 1. The molecule has 7 heteroatoms. The van der Waals surface area contributed by atoms with Crippen molar-refractivity contribution in [2.75, 3.05) is 6.61 Å². The average Bonchev–Trinajstić information content (AvgIpc) is 2.53. The minimum absolute atomic E-state index is 0.0400. The molecule has 1 amide bonds. The van der Waals surface area contributed by atoms with Gasteiger partial charge in [0.15, 0.2) is 6.61 Å². The van der Waals surface area contributed by atoms with E-state index in [2.05, 4.69) is 10.3 Å². The second kappa shape index (κ2) is 7.53. The van der Waals surface area contributed by atoms with Gasteiger partial charge in [0.2, 0.25) is 5.88 Å². The third-order valence-electron chi connectivity index (χ3n) is 3.04. The second-order valence-corrected chi connectivity index (χ2v) is 4.85. The van der Waals surface area contributed by atoms with Gasteiger partial charge < -0.3 is 15.2 Å². The van der Waals surface area contributed by atoms with Gasteiger partial charge >= 0.3 is 0 Å². The van der Waals surface area contributed by atoms with Crippen molar-refractivity contribution in [3.05, 3.63) is 53.2 Å². The van der Waals surface area contributed by atoms with E-state index in [9.17, 15) is 18.7 Å². The van der Waals surface area contributed by atoms with Crippen molar-refractivity contribution < 1.29 is 23.4 Å². The fourth-order valence-electron chi connectivity index (χ4n) is 1.81. The van der Waals surface area contributed by atoms with Crippen molar-refractivity contribution >= 4 is 5.91 Å². The number of nitrogens with one attached hydrogen (secondary N) is 1. The molecule has 0 radical (unpaired) electrons. The van der Waals surface area contributed by atoms with Crippen molar-refractivity contribution in [3.63, 3.8) is 0 Å². The standard InChI is InChI=1S/C16H16F2N2O3/c1-10-5-6-11(7-13(10)21)16(22)19-8-12-3-2-4-15(20-12)23-9-14(17)18/h2-7,14,21H,8-9H2,1H3,(H,19,22). The number of amides is 1. The van der Waals surface area contributed by atoms with Gasteiger partial charge in [-0.25, -0.2) is 13.8 Å². The molecule has 0 aliphatic rings. The monoisotopic (exact) mass is 322 g/mol. The summed E-state index contributed by atoms with van der Waals surface area (Å²) in [7, 11) is 0. The number of hydrogen-bond acceptors (Lipinski definition) is 4. The molecule has 2 aromatic rings. The number of nitrogens with zero attached hydrogens (tertiary/aromatic N) is 1. The number of aromatic hydroxyl groups is 1. The Hall–Kier alpha value is -2.70. The molecule has 0 aliphatic carbocycles. The molecule has 0 saturated carbocycles. The maximum Gasteiger partial charge on any atom is 0.272 e. The third-order valence-corrected chi connectivity index (χ3v) is 3.04. The van der Waals surface area contributed by atoms with Crippen LogP contribution in [0.5, 0.6) is 11.6 Å². The Balaban J connectivity index is 1.95. The molecule has 0 fully saturated rings. The second-order valence-electron chi connectivity index (χ2n) is 4.85. The predicted molar refractivity (Wildman–Crippen MR) is 79.8 cm³/mol. The summed E-state index contributed by atoms with van der Waals surface area (Å²) in [6, 6.07) is 9.32. The SMILES string of the molecule is Cc1ccc(C(=O)NCc2cccc(OCC(F)F)n2)cc1O. The van der Waals surface area contributed by atoms with E-state index in [1.54, 1.807) is 31.2 Å². The lowest BCUT2D eigenvalue weighted by atomic mass is 10.1. The highest BCUT2D eigenvalue weighted by atomic mass is 19.3. The maximum absolute atomic E-state index is 12.1. The molecule has 5 nitrogen and oxygen atoms in total. The van der Waals surface area contributed by atoms with Crippen LogP contribution in [0.25, 0.3) is 0 Å². The van der Waals surface area contributed by atoms with Crippen LogP contribution in [0.3, 0.4) is 0 Å². The number of phenols is 1. The van der Waals surface area contributed by atoms with Gasteiger partial charge in [-0.05, 0) is 30.7 Å². The van der Waals surface area contributed by atoms with Crippen LogP contribution in [0.15, 0.2) is 36.4 Å². The lowest BCUT2D eigenvalue weighted by molar-refractivity contribution is 0.0794. The first-order valence-electron chi connectivity index (χ1n) is 6.90. The molecule has 0 atom stereocenters. The highest BCUT2D eigenvalue weighted by molar-refractivity contribution is 5.94. The Morgan fingerprint density at radius 1 is 1.35 bits per heavy atom. The zero-order valence-electron chi connectivity index (χ0n) is 12.4. The molecule has 0 saturated heterocycles. The number of hydrogen-bond donors (Lipinski definition) is 2. The number of halogens is 2. The van der Waals surface area contributed by atoms with Gasteiger partial charge in [-0.15, -0.1) is 0 Å². The number of rotatable bonds is 6. The molecule has 2 rings (SSSR count). The molecule has 1 aromatic carbocycles. The molecule has 23 heavy (non-hydrogen) atoms. The van der Waals surface area contributed by atoms with Gasteiger partial charge in [-0.1, -0.05) is 12.1 Å². The summed E-state index contributed by atoms with van der Waals surface area (Å²) >= 11 is 0. The van der Waals surface area contributed by atoms with Crippen molar-refractivity contribution in [3.8, 4) is 11.6 Å². The lowest BCUT2D eigenvalue weighted by Crippen LogP contribution is -2.23. The number of phenolic OH excluding ortho intramolecular Hbond substituents is 1. The molecule has 0 aliphatic heterocycles. The molecule has 0 bridgehead atoms. The summed E-state index contributed by atoms with van der Waals surface area (Å²) < 4.78 is 29.0. The van der Waals surface area contributed by atoms with E-state index in [1.165, 1.54) is 12.1 Å². The van der Waals surface area contributed by atoms with Gasteiger partial charge in [0.1, 0.15) is 5.75 Å². The highest BCUT2D eigenvalue weighted by Gasteiger charge is 2.09. The first-order chi connectivity index (χ1) is 11.0. The average molecular weight is 322 g/mol. The van der Waals surface area contributed by atoms with Crippen LogP contribution in [-0.2, 0) is 6.54 Å². The van der Waals surface area contributed by atoms with Crippen LogP contribution >= 0.6 is 0 Å². The van der Waals surface area contributed by atoms with Gasteiger partial charge in [-0.2, -0.15) is 0 Å². The highest BCUT2D eigenvalue weighted by Crippen LogP contribution is 2.17. The van der Waals surface area contributed by atoms with Crippen molar-refractivity contribution in [1.29, 1.82) is 0 Å². The Kier molecular flexibility index (Phi) is 5.46. The van der Waals surface area contributed by atoms with E-state index in [0.717, 1.165) is 0 Å². The zero-order chi connectivity index (χ0) is 16.8. The largest absolute Gasteiger partial charge is 0.508 e. The van der Waals surface area contributed by atoms with Gasteiger partial charge in [0, 0.05) is 11.6 Å². The number of pyridine rings is 1. The van der Waals surface area contributed by atoms with E-state index in [1.807, 2.05) is 0 Å². The number of carbonyl (C=O) groups excluding carboxylic acids is 1. The summed E-state index contributed by atoms with van der Waals surface area (Å²) in [5.41, 5.74) is 1.46. The fraction of sp³-hybridized carbons (Fsp3) is 0.250. The van der Waals surface area contributed by atoms with E-state index < -0.39 is 13.0 Å². The van der Waals surface area contributed by atoms with E-state index in [4.69, 9.17) is 4.74 Å². The Morgan fingerprint density at radius 2 is 2.13 bits per heavy atom. The number of carbonyl (C=O) groups is 1. The Labute approximate surface area is 131 Å². The molecule has 122 valence electrons. The minimum atomic E-state index is -2.57. The van der Waals surface area contributed by atoms with Crippen molar-refractivity contribution in [2.45, 2.75) is 19.9 Å². The van der Waals surface area contributed by atoms with E-state index in [-0.39, 0.29) is 24.1 Å². The molecule has 1 aromatic heterocycles. The predicted octanol–water partition coefficient (Wildman–Crippen LogP) is 2.67. The van der Waals surface area contributed by atoms with Crippen LogP contribution in [0.2, 0.25) is 0 Å². The quantitative estimate of drug-likeness (QED) is 0.858. The smallest absolute Gasteiger partial charge is 0.272 e. The number of ether oxygens (including phenoxy) is 1. The van der Waals surface area contributed by atoms with Crippen LogP contribution in [0, 0.1) is 6.92 Å². The first-order valence-corrected chi connectivity index (χ1v) is 6.90. The van der Waals surface area contributed by atoms with E-state index >= 15 is 0 Å². The van der Waals surface area contributed by atoms with E-state index in [0.29, 0.717) is 16.8 Å². The molecule has 0 spiro atoms. The van der Waals surface area contributed by atoms with Crippen LogP contribution in [-0.4, -0.2) is 29.0 Å². The maximum atomic E-state index is 12.1. The number of aromatic nitrogens is 1. The van der Waals surface area contributed by atoms with Gasteiger partial charge in [-0.3, -0.25) is 4.79 Å². The first kappa shape index (κ1) is 16.7. The molecular formula is C16H16F2N2O3. The molecular weight excluding hydrogens is 306 g/mol. The third kappa shape index (κ3) is 4.91. The minimum Gasteiger partial charge on any atom is -0.508 e. The molecule has 2 N–H and O–H groups in total. The van der Waals surface area contributed by atoms with Gasteiger partial charge in [0.25, 0.3) is 12.3 Å². The number of alkyl halides is 2. The van der Waals surface area contributed by atoms with Gasteiger partial charge in [0.05, 0.1) is 12.2 Å². The molecule has 0 unspecified atom stereocenters. The Morgan fingerprint density at radius 3 is 2.83 bits per heavy atom. The van der Waals surface area contributed by atoms with Crippen LogP contribution in [0.1, 0.15) is 21.6 Å². The number of benzene rings is 1. The van der Waals surface area contributed by atoms with Crippen molar-refractivity contribution in [2.24, 2.45) is 0 Å². The lowest BCUT2D eigenvalue weighted by Gasteiger charge is -2.08.